The molecule has 2 aromatic rings. The summed E-state index contributed by atoms with van der Waals surface area (Å²) in [6.45, 7) is 3.08. The molecular weight excluding hydrogens is 394 g/mol. The molecule has 7 heteroatoms. The minimum absolute atomic E-state index is 0.0200. The average Bonchev–Trinajstić information content (AvgIpc) is 3.07. The monoisotopic (exact) mass is 423 g/mol. The summed E-state index contributed by atoms with van der Waals surface area (Å²) in [5.41, 5.74) is 1.85. The number of carbonyl (C=O) groups is 2. The van der Waals surface area contributed by atoms with Crippen LogP contribution in [-0.2, 0) is 9.59 Å². The standard InChI is InChI=1S/C24H29N3O4/c1-16-5-3-8-22(25-16)26-23(28)14-27-13-19(12-24(27)29)18-9-10-20(30-2)21(11-18)31-15-17-6-4-7-17/h3,5,8-11,17,19H,4,6-7,12-15H2,1-2H3,(H,25,26,28). The molecule has 31 heavy (non-hydrogen) atoms. The Morgan fingerprint density at radius 1 is 1.23 bits per heavy atom. The second-order valence-electron chi connectivity index (χ2n) is 8.41. The summed E-state index contributed by atoms with van der Waals surface area (Å²) >= 11 is 0. The third-order valence-corrected chi connectivity index (χ3v) is 6.06. The zero-order valence-electron chi connectivity index (χ0n) is 18.1. The van der Waals surface area contributed by atoms with Crippen LogP contribution >= 0.6 is 0 Å². The molecule has 7 nitrogen and oxygen atoms in total. The predicted molar refractivity (Wildman–Crippen MR) is 117 cm³/mol. The molecule has 1 aliphatic heterocycles. The van der Waals surface area contributed by atoms with E-state index in [-0.39, 0.29) is 24.3 Å². The van der Waals surface area contributed by atoms with E-state index in [2.05, 4.69) is 10.3 Å². The van der Waals surface area contributed by atoms with E-state index in [0.29, 0.717) is 37.1 Å². The third-order valence-electron chi connectivity index (χ3n) is 6.06. The zero-order chi connectivity index (χ0) is 21.8. The highest BCUT2D eigenvalue weighted by atomic mass is 16.5. The van der Waals surface area contributed by atoms with E-state index in [1.807, 2.05) is 37.3 Å². The number of aromatic nitrogens is 1. The van der Waals surface area contributed by atoms with Crippen LogP contribution in [0.15, 0.2) is 36.4 Å². The maximum absolute atomic E-state index is 12.5. The molecule has 1 aromatic carbocycles. The number of ether oxygens (including phenoxy) is 2. The Hall–Kier alpha value is -3.09. The quantitative estimate of drug-likeness (QED) is 0.703. The number of methoxy groups -OCH3 is 1. The number of benzene rings is 1. The van der Waals surface area contributed by atoms with Gasteiger partial charge in [-0.2, -0.15) is 0 Å². The predicted octanol–water partition coefficient (Wildman–Crippen LogP) is 3.53. The first-order valence-electron chi connectivity index (χ1n) is 10.8. The first-order valence-corrected chi connectivity index (χ1v) is 10.8. The van der Waals surface area contributed by atoms with E-state index in [4.69, 9.17) is 9.47 Å². The lowest BCUT2D eigenvalue weighted by molar-refractivity contribution is -0.131. The van der Waals surface area contributed by atoms with Crippen molar-refractivity contribution in [3.63, 3.8) is 0 Å². The van der Waals surface area contributed by atoms with E-state index in [1.54, 1.807) is 18.1 Å². The van der Waals surface area contributed by atoms with Gasteiger partial charge in [-0.1, -0.05) is 18.6 Å². The van der Waals surface area contributed by atoms with Gasteiger partial charge in [0.1, 0.15) is 5.82 Å². The number of amides is 2. The van der Waals surface area contributed by atoms with Crippen LogP contribution in [0.5, 0.6) is 11.5 Å². The van der Waals surface area contributed by atoms with E-state index in [0.717, 1.165) is 17.0 Å². The molecule has 164 valence electrons. The summed E-state index contributed by atoms with van der Waals surface area (Å²) in [5, 5.41) is 2.77. The number of nitrogens with one attached hydrogen (secondary N) is 1. The molecule has 0 spiro atoms. The van der Waals surface area contributed by atoms with E-state index < -0.39 is 0 Å². The fourth-order valence-corrected chi connectivity index (χ4v) is 4.04. The zero-order valence-corrected chi connectivity index (χ0v) is 18.1. The van der Waals surface area contributed by atoms with Crippen molar-refractivity contribution < 1.29 is 19.1 Å². The van der Waals surface area contributed by atoms with Gasteiger partial charge >= 0.3 is 0 Å². The molecule has 0 radical (unpaired) electrons. The number of hydrogen-bond donors (Lipinski definition) is 1. The fraction of sp³-hybridized carbons (Fsp3) is 0.458. The lowest BCUT2D eigenvalue weighted by Gasteiger charge is -2.25. The van der Waals surface area contributed by atoms with Crippen LogP contribution in [0.3, 0.4) is 0 Å². The molecule has 4 rings (SSSR count). The van der Waals surface area contributed by atoms with Crippen molar-refractivity contribution in [2.75, 3.05) is 32.1 Å². The Morgan fingerprint density at radius 2 is 2.06 bits per heavy atom. The Morgan fingerprint density at radius 3 is 2.77 bits per heavy atom. The topological polar surface area (TPSA) is 80.8 Å². The molecule has 1 N–H and O–H groups in total. The summed E-state index contributed by atoms with van der Waals surface area (Å²) in [4.78, 5) is 30.8. The number of pyridine rings is 1. The molecule has 1 atom stereocenters. The van der Waals surface area contributed by atoms with Crippen molar-refractivity contribution in [2.45, 2.75) is 38.5 Å². The van der Waals surface area contributed by atoms with Crippen LogP contribution in [0.25, 0.3) is 0 Å². The minimum Gasteiger partial charge on any atom is -0.493 e. The van der Waals surface area contributed by atoms with Gasteiger partial charge in [-0.3, -0.25) is 9.59 Å². The van der Waals surface area contributed by atoms with E-state index in [1.165, 1.54) is 19.3 Å². The number of carbonyl (C=O) groups excluding carboxylic acids is 2. The minimum atomic E-state index is -0.244. The van der Waals surface area contributed by atoms with Gasteiger partial charge in [-0.15, -0.1) is 0 Å². The third kappa shape index (κ3) is 5.16. The van der Waals surface area contributed by atoms with E-state index >= 15 is 0 Å². The first kappa shape index (κ1) is 21.2. The van der Waals surface area contributed by atoms with Crippen LogP contribution in [0.4, 0.5) is 5.82 Å². The molecule has 1 unspecified atom stereocenters. The van der Waals surface area contributed by atoms with Crippen LogP contribution in [0, 0.1) is 12.8 Å². The number of hydrogen-bond acceptors (Lipinski definition) is 5. The van der Waals surface area contributed by atoms with Crippen LogP contribution in [0.2, 0.25) is 0 Å². The van der Waals surface area contributed by atoms with Gasteiger partial charge in [0.15, 0.2) is 11.5 Å². The first-order chi connectivity index (χ1) is 15.0. The smallest absolute Gasteiger partial charge is 0.245 e. The second-order valence-corrected chi connectivity index (χ2v) is 8.41. The largest absolute Gasteiger partial charge is 0.493 e. The molecular formula is C24H29N3O4. The summed E-state index contributed by atoms with van der Waals surface area (Å²) < 4.78 is 11.5. The molecule has 2 fully saturated rings. The van der Waals surface area contributed by atoms with Crippen LogP contribution in [-0.4, -0.2) is 48.5 Å². The normalized spacial score (nSPS) is 18.6. The van der Waals surface area contributed by atoms with Crippen LogP contribution in [0.1, 0.15) is 42.9 Å². The lowest BCUT2D eigenvalue weighted by Crippen LogP contribution is -2.34. The van der Waals surface area contributed by atoms with Gasteiger partial charge in [-0.05, 0) is 55.5 Å². The van der Waals surface area contributed by atoms with Crippen molar-refractivity contribution in [1.29, 1.82) is 0 Å². The maximum atomic E-state index is 12.5. The number of likely N-dealkylation sites (tertiary alicyclic amines) is 1. The molecule has 2 heterocycles. The number of nitrogens with zero attached hydrogens (tertiary/aromatic N) is 2. The Kier molecular flexibility index (Phi) is 6.39. The van der Waals surface area contributed by atoms with E-state index in [9.17, 15) is 9.59 Å². The van der Waals surface area contributed by atoms with Crippen molar-refractivity contribution in [3.8, 4) is 11.5 Å². The fourth-order valence-electron chi connectivity index (χ4n) is 4.04. The summed E-state index contributed by atoms with van der Waals surface area (Å²) in [5.74, 6) is 2.30. The van der Waals surface area contributed by atoms with Gasteiger partial charge in [0.25, 0.3) is 0 Å². The summed E-state index contributed by atoms with van der Waals surface area (Å²) in [6, 6.07) is 11.3. The average molecular weight is 424 g/mol. The van der Waals surface area contributed by atoms with Gasteiger partial charge in [-0.25, -0.2) is 4.98 Å². The molecule has 0 bridgehead atoms. The molecule has 2 aliphatic rings. The number of rotatable bonds is 8. The van der Waals surface area contributed by atoms with Gasteiger partial charge in [0.05, 0.1) is 20.3 Å². The highest BCUT2D eigenvalue weighted by Gasteiger charge is 2.32. The number of anilines is 1. The molecule has 1 aliphatic carbocycles. The van der Waals surface area contributed by atoms with Gasteiger partial charge in [0.2, 0.25) is 11.8 Å². The van der Waals surface area contributed by atoms with Crippen LogP contribution < -0.4 is 14.8 Å². The highest BCUT2D eigenvalue weighted by Crippen LogP contribution is 2.36. The lowest BCUT2D eigenvalue weighted by atomic mass is 9.86. The summed E-state index contributed by atoms with van der Waals surface area (Å²) in [7, 11) is 1.63. The van der Waals surface area contributed by atoms with Crippen molar-refractivity contribution >= 4 is 17.6 Å². The summed E-state index contributed by atoms with van der Waals surface area (Å²) in [6.07, 6.45) is 4.09. The van der Waals surface area contributed by atoms with Crippen molar-refractivity contribution in [2.24, 2.45) is 5.92 Å². The maximum Gasteiger partial charge on any atom is 0.245 e. The highest BCUT2D eigenvalue weighted by molar-refractivity contribution is 5.94. The Balaban J connectivity index is 1.38. The van der Waals surface area contributed by atoms with Crippen molar-refractivity contribution in [3.05, 3.63) is 47.7 Å². The molecule has 1 saturated heterocycles. The van der Waals surface area contributed by atoms with Gasteiger partial charge < -0.3 is 19.7 Å². The molecule has 1 saturated carbocycles. The molecule has 1 aromatic heterocycles. The second kappa shape index (κ2) is 9.37. The number of aryl methyl sites for hydroxylation is 1. The van der Waals surface area contributed by atoms with Crippen molar-refractivity contribution in [1.82, 2.24) is 9.88 Å². The SMILES string of the molecule is COc1ccc(C2CC(=O)N(CC(=O)Nc3cccc(C)n3)C2)cc1OCC1CCC1. The Bertz CT molecular complexity index is 958. The molecule has 2 amide bonds. The van der Waals surface area contributed by atoms with Gasteiger partial charge in [0, 0.05) is 24.6 Å². The Labute approximate surface area is 182 Å².